The van der Waals surface area contributed by atoms with Crippen molar-refractivity contribution in [2.75, 3.05) is 33.3 Å². The van der Waals surface area contributed by atoms with Crippen LogP contribution in [0.3, 0.4) is 0 Å². The molecular weight excluding hydrogens is 485 g/mol. The minimum atomic E-state index is -0.144. The van der Waals surface area contributed by atoms with Gasteiger partial charge in [-0.3, -0.25) is 9.69 Å². The summed E-state index contributed by atoms with van der Waals surface area (Å²) in [5.74, 6) is -0.190. The summed E-state index contributed by atoms with van der Waals surface area (Å²) in [4.78, 5) is 29.0. The topological polar surface area (TPSA) is 61.9 Å². The van der Waals surface area contributed by atoms with Crippen molar-refractivity contribution in [3.63, 3.8) is 0 Å². The van der Waals surface area contributed by atoms with E-state index in [4.69, 9.17) is 27.9 Å². The Morgan fingerprint density at radius 3 is 2.23 bits per heavy atom. The summed E-state index contributed by atoms with van der Waals surface area (Å²) in [7, 11) is 1.43. The Labute approximate surface area is 217 Å². The first-order valence-corrected chi connectivity index (χ1v) is 13.0. The molecule has 1 N–H and O–H groups in total. The van der Waals surface area contributed by atoms with Gasteiger partial charge in [-0.2, -0.15) is 0 Å². The van der Waals surface area contributed by atoms with Crippen molar-refractivity contribution in [1.29, 1.82) is 0 Å². The number of carbonyl (C=O) groups excluding carboxylic acids is 2. The van der Waals surface area contributed by atoms with Crippen LogP contribution in [0.2, 0.25) is 10.0 Å². The number of methoxy groups -OCH3 is 1. The lowest BCUT2D eigenvalue weighted by atomic mass is 9.86. The van der Waals surface area contributed by atoms with E-state index in [1.807, 2.05) is 17.0 Å². The van der Waals surface area contributed by atoms with Crippen LogP contribution in [0, 0.1) is 12.8 Å². The van der Waals surface area contributed by atoms with Gasteiger partial charge in [-0.1, -0.05) is 59.1 Å². The molecule has 2 amide bonds. The highest BCUT2D eigenvalue weighted by atomic mass is 35.5. The Morgan fingerprint density at radius 1 is 0.971 bits per heavy atom. The Bertz CT molecular complexity index is 1030. The molecule has 1 saturated heterocycles. The number of urea groups is 1. The SMILES string of the molecule is COC(=O)C1CCC(NC(=O)N2CCN(C(c3ccc(C)cc3)c3ccc(Cl)cc3Cl)CC2)CC1. The van der Waals surface area contributed by atoms with Crippen molar-refractivity contribution in [1.82, 2.24) is 15.1 Å². The van der Waals surface area contributed by atoms with Crippen molar-refractivity contribution in [3.05, 3.63) is 69.2 Å². The molecule has 0 radical (unpaired) electrons. The van der Waals surface area contributed by atoms with Crippen LogP contribution in [0.5, 0.6) is 0 Å². The first kappa shape index (κ1) is 25.8. The summed E-state index contributed by atoms with van der Waals surface area (Å²) in [6.07, 6.45) is 3.11. The number of nitrogens with one attached hydrogen (secondary N) is 1. The van der Waals surface area contributed by atoms with Gasteiger partial charge in [0, 0.05) is 42.3 Å². The van der Waals surface area contributed by atoms with E-state index in [0.29, 0.717) is 23.1 Å². The number of ether oxygens (including phenoxy) is 1. The molecule has 188 valence electrons. The second kappa shape index (κ2) is 11.6. The minimum absolute atomic E-state index is 0.0147. The molecule has 1 heterocycles. The summed E-state index contributed by atoms with van der Waals surface area (Å²) in [5.41, 5.74) is 3.39. The molecule has 1 atom stereocenters. The third kappa shape index (κ3) is 6.29. The summed E-state index contributed by atoms with van der Waals surface area (Å²) in [6.45, 7) is 4.82. The number of hydrogen-bond acceptors (Lipinski definition) is 4. The first-order valence-electron chi connectivity index (χ1n) is 12.2. The molecule has 1 aliphatic heterocycles. The second-order valence-corrected chi connectivity index (χ2v) is 10.4. The van der Waals surface area contributed by atoms with Gasteiger partial charge in [0.05, 0.1) is 19.1 Å². The second-order valence-electron chi connectivity index (χ2n) is 9.52. The van der Waals surface area contributed by atoms with Crippen molar-refractivity contribution < 1.29 is 14.3 Å². The largest absolute Gasteiger partial charge is 0.469 e. The van der Waals surface area contributed by atoms with E-state index in [1.54, 1.807) is 6.07 Å². The summed E-state index contributed by atoms with van der Waals surface area (Å²) in [6, 6.07) is 14.3. The molecule has 2 aromatic carbocycles. The molecule has 0 bridgehead atoms. The molecule has 2 aromatic rings. The maximum absolute atomic E-state index is 13.0. The van der Waals surface area contributed by atoms with E-state index >= 15 is 0 Å². The molecule has 2 aliphatic rings. The van der Waals surface area contributed by atoms with Crippen LogP contribution in [0.15, 0.2) is 42.5 Å². The van der Waals surface area contributed by atoms with Crippen LogP contribution in [-0.2, 0) is 9.53 Å². The van der Waals surface area contributed by atoms with Crippen molar-refractivity contribution >= 4 is 35.2 Å². The van der Waals surface area contributed by atoms with Gasteiger partial charge < -0.3 is 15.0 Å². The third-order valence-electron chi connectivity index (χ3n) is 7.21. The number of benzene rings is 2. The number of carbonyl (C=O) groups is 2. The fraction of sp³-hybridized carbons (Fsp3) is 0.481. The highest BCUT2D eigenvalue weighted by Crippen LogP contribution is 2.35. The average molecular weight is 518 g/mol. The highest BCUT2D eigenvalue weighted by Gasteiger charge is 2.32. The van der Waals surface area contributed by atoms with Crippen LogP contribution in [0.1, 0.15) is 48.4 Å². The van der Waals surface area contributed by atoms with Gasteiger partial charge in [-0.05, 0) is 55.9 Å². The number of esters is 1. The van der Waals surface area contributed by atoms with Crippen LogP contribution in [0.25, 0.3) is 0 Å². The number of piperazine rings is 1. The Kier molecular flexibility index (Phi) is 8.58. The number of rotatable bonds is 5. The summed E-state index contributed by atoms with van der Waals surface area (Å²) >= 11 is 12.8. The van der Waals surface area contributed by atoms with Gasteiger partial charge in [-0.15, -0.1) is 0 Å². The van der Waals surface area contributed by atoms with E-state index < -0.39 is 0 Å². The fourth-order valence-corrected chi connectivity index (χ4v) is 5.66. The third-order valence-corrected chi connectivity index (χ3v) is 7.77. The van der Waals surface area contributed by atoms with E-state index in [-0.39, 0.29) is 30.0 Å². The average Bonchev–Trinajstić information content (AvgIpc) is 2.87. The summed E-state index contributed by atoms with van der Waals surface area (Å²) < 4.78 is 4.86. The lowest BCUT2D eigenvalue weighted by Crippen LogP contribution is -2.54. The van der Waals surface area contributed by atoms with Crippen molar-refractivity contribution in [2.45, 2.75) is 44.7 Å². The van der Waals surface area contributed by atoms with E-state index in [0.717, 1.165) is 44.3 Å². The lowest BCUT2D eigenvalue weighted by Gasteiger charge is -2.40. The molecule has 1 aliphatic carbocycles. The summed E-state index contributed by atoms with van der Waals surface area (Å²) in [5, 5.41) is 4.43. The lowest BCUT2D eigenvalue weighted by molar-refractivity contribution is -0.146. The molecule has 2 fully saturated rings. The van der Waals surface area contributed by atoms with E-state index in [9.17, 15) is 9.59 Å². The molecule has 1 unspecified atom stereocenters. The van der Waals surface area contributed by atoms with Gasteiger partial charge in [-0.25, -0.2) is 4.79 Å². The zero-order valence-corrected chi connectivity index (χ0v) is 21.8. The van der Waals surface area contributed by atoms with Crippen molar-refractivity contribution in [2.24, 2.45) is 5.92 Å². The molecule has 4 rings (SSSR count). The molecule has 6 nitrogen and oxygen atoms in total. The van der Waals surface area contributed by atoms with Gasteiger partial charge >= 0.3 is 12.0 Å². The van der Waals surface area contributed by atoms with Gasteiger partial charge in [0.2, 0.25) is 0 Å². The minimum Gasteiger partial charge on any atom is -0.469 e. The number of nitrogens with zero attached hydrogens (tertiary/aromatic N) is 2. The number of amides is 2. The Morgan fingerprint density at radius 2 is 1.63 bits per heavy atom. The zero-order chi connectivity index (χ0) is 24.9. The molecule has 0 spiro atoms. The molecule has 35 heavy (non-hydrogen) atoms. The maximum Gasteiger partial charge on any atom is 0.317 e. The van der Waals surface area contributed by atoms with Crippen LogP contribution in [-0.4, -0.2) is 61.1 Å². The standard InChI is InChI=1S/C27H33Cl2N3O3/c1-18-3-5-19(6-4-18)25(23-12-9-21(28)17-24(23)29)31-13-15-32(16-14-31)27(34)30-22-10-7-20(8-11-22)26(33)35-2/h3-6,9,12,17,20,22,25H,7-8,10-11,13-16H2,1-2H3,(H,30,34). The van der Waals surface area contributed by atoms with Crippen molar-refractivity contribution in [3.8, 4) is 0 Å². The quantitative estimate of drug-likeness (QED) is 0.535. The van der Waals surface area contributed by atoms with E-state index in [1.165, 1.54) is 18.2 Å². The molecule has 0 aromatic heterocycles. The number of hydrogen-bond donors (Lipinski definition) is 1. The Hall–Kier alpha value is -2.28. The predicted octanol–water partition coefficient (Wildman–Crippen LogP) is 5.45. The van der Waals surface area contributed by atoms with Crippen LogP contribution < -0.4 is 5.32 Å². The Balaban J connectivity index is 1.39. The van der Waals surface area contributed by atoms with Gasteiger partial charge in [0.1, 0.15) is 0 Å². The maximum atomic E-state index is 13.0. The van der Waals surface area contributed by atoms with Gasteiger partial charge in [0.25, 0.3) is 0 Å². The zero-order valence-electron chi connectivity index (χ0n) is 20.3. The molecular formula is C27H33Cl2N3O3. The molecule has 8 heteroatoms. The number of aryl methyl sites for hydroxylation is 1. The monoisotopic (exact) mass is 517 g/mol. The van der Waals surface area contributed by atoms with Gasteiger partial charge in [0.15, 0.2) is 0 Å². The fourth-order valence-electron chi connectivity index (χ4n) is 5.15. The first-order chi connectivity index (χ1) is 16.9. The van der Waals surface area contributed by atoms with E-state index in [2.05, 4.69) is 41.4 Å². The predicted molar refractivity (Wildman–Crippen MR) is 139 cm³/mol. The van der Waals surface area contributed by atoms with Crippen LogP contribution in [0.4, 0.5) is 4.79 Å². The smallest absolute Gasteiger partial charge is 0.317 e. The van der Waals surface area contributed by atoms with Crippen LogP contribution >= 0.6 is 23.2 Å². The molecule has 1 saturated carbocycles. The highest BCUT2D eigenvalue weighted by molar-refractivity contribution is 6.35. The normalized spacial score (nSPS) is 21.9. The number of halogens is 2.